The first-order chi connectivity index (χ1) is 9.69. The van der Waals surface area contributed by atoms with Gasteiger partial charge in [0.15, 0.2) is 0 Å². The van der Waals surface area contributed by atoms with Gasteiger partial charge < -0.3 is 5.73 Å². The monoisotopic (exact) mass is 293 g/mol. The number of nitrogens with zero attached hydrogens (tertiary/aromatic N) is 4. The molecule has 0 bridgehead atoms. The van der Waals surface area contributed by atoms with E-state index >= 15 is 0 Å². The molecule has 0 aliphatic heterocycles. The summed E-state index contributed by atoms with van der Waals surface area (Å²) in [6, 6.07) is 2.13. The molecule has 2 N–H and O–H groups in total. The minimum atomic E-state index is -0.0387. The average molecular weight is 293 g/mol. The highest BCUT2D eigenvalue weighted by Crippen LogP contribution is 2.23. The molecule has 0 radical (unpaired) electrons. The second-order valence-electron chi connectivity index (χ2n) is 4.94. The van der Waals surface area contributed by atoms with Crippen molar-refractivity contribution >= 4 is 11.5 Å². The van der Waals surface area contributed by atoms with Crippen LogP contribution < -0.4 is 5.73 Å². The zero-order valence-corrected chi connectivity index (χ0v) is 13.3. The Morgan fingerprint density at radius 2 is 2.15 bits per heavy atom. The molecule has 0 aliphatic carbocycles. The van der Waals surface area contributed by atoms with E-state index in [1.807, 2.05) is 4.68 Å². The summed E-state index contributed by atoms with van der Waals surface area (Å²) in [4.78, 5) is 1.12. The van der Waals surface area contributed by atoms with E-state index in [0.29, 0.717) is 0 Å². The summed E-state index contributed by atoms with van der Waals surface area (Å²) in [6.07, 6.45) is 3.77. The number of hydrogen-bond donors (Lipinski definition) is 1. The summed E-state index contributed by atoms with van der Waals surface area (Å²) >= 11 is 1.43. The van der Waals surface area contributed by atoms with Crippen LogP contribution in [0.4, 0.5) is 0 Å². The number of rotatable bonds is 7. The van der Waals surface area contributed by atoms with E-state index < -0.39 is 0 Å². The fourth-order valence-corrected chi connectivity index (χ4v) is 3.05. The zero-order chi connectivity index (χ0) is 14.5. The van der Waals surface area contributed by atoms with Crippen LogP contribution in [0.3, 0.4) is 0 Å². The van der Waals surface area contributed by atoms with Gasteiger partial charge in [-0.2, -0.15) is 5.10 Å². The molecule has 6 heteroatoms. The predicted molar refractivity (Wildman–Crippen MR) is 81.8 cm³/mol. The summed E-state index contributed by atoms with van der Waals surface area (Å²) in [5, 5.41) is 8.77. The normalized spacial score (nSPS) is 12.8. The topological polar surface area (TPSA) is 69.6 Å². The number of aromatic nitrogens is 4. The summed E-state index contributed by atoms with van der Waals surface area (Å²) in [5.41, 5.74) is 9.76. The third kappa shape index (κ3) is 3.24. The standard InChI is InChI=1S/C14H23N5S/c1-4-7-13-14(20-18-16-13)12(15)9-11-8-10(5-2)17-19(11)6-3/h8,12H,4-7,9,15H2,1-3H3. The minimum absolute atomic E-state index is 0.0387. The van der Waals surface area contributed by atoms with Gasteiger partial charge in [0.1, 0.15) is 0 Å². The van der Waals surface area contributed by atoms with Crippen molar-refractivity contribution in [1.82, 2.24) is 19.4 Å². The Hall–Kier alpha value is -1.27. The van der Waals surface area contributed by atoms with Gasteiger partial charge in [-0.3, -0.25) is 4.68 Å². The quantitative estimate of drug-likeness (QED) is 0.851. The fourth-order valence-electron chi connectivity index (χ4n) is 2.35. The third-order valence-corrected chi connectivity index (χ3v) is 4.31. The molecule has 2 rings (SSSR count). The van der Waals surface area contributed by atoms with Crippen LogP contribution in [0.1, 0.15) is 55.2 Å². The van der Waals surface area contributed by atoms with Crippen molar-refractivity contribution in [1.29, 1.82) is 0 Å². The fraction of sp³-hybridized carbons (Fsp3) is 0.643. The summed E-state index contributed by atoms with van der Waals surface area (Å²) in [7, 11) is 0. The van der Waals surface area contributed by atoms with Gasteiger partial charge in [0.2, 0.25) is 0 Å². The van der Waals surface area contributed by atoms with Crippen LogP contribution in [0.15, 0.2) is 6.07 Å². The van der Waals surface area contributed by atoms with Crippen LogP contribution in [-0.2, 0) is 25.8 Å². The molecule has 110 valence electrons. The molecule has 2 heterocycles. The van der Waals surface area contributed by atoms with Gasteiger partial charge in [0.05, 0.1) is 16.3 Å². The lowest BCUT2D eigenvalue weighted by Gasteiger charge is -2.11. The maximum atomic E-state index is 6.37. The smallest absolute Gasteiger partial charge is 0.0803 e. The highest BCUT2D eigenvalue weighted by molar-refractivity contribution is 7.05. The van der Waals surface area contributed by atoms with E-state index in [9.17, 15) is 0 Å². The molecule has 2 aromatic rings. The Morgan fingerprint density at radius 1 is 1.35 bits per heavy atom. The van der Waals surface area contributed by atoms with E-state index in [1.54, 1.807) is 0 Å². The molecule has 0 fully saturated rings. The van der Waals surface area contributed by atoms with Gasteiger partial charge in [0, 0.05) is 24.7 Å². The van der Waals surface area contributed by atoms with Crippen molar-refractivity contribution in [3.63, 3.8) is 0 Å². The van der Waals surface area contributed by atoms with Crippen molar-refractivity contribution in [3.8, 4) is 0 Å². The van der Waals surface area contributed by atoms with E-state index in [4.69, 9.17) is 5.73 Å². The predicted octanol–water partition coefficient (Wildman–Crippen LogP) is 2.51. The molecule has 0 amide bonds. The summed E-state index contributed by atoms with van der Waals surface area (Å²) in [5.74, 6) is 0. The van der Waals surface area contributed by atoms with E-state index in [2.05, 4.69) is 41.5 Å². The molecule has 0 aromatic carbocycles. The first-order valence-corrected chi connectivity index (χ1v) is 8.09. The summed E-state index contributed by atoms with van der Waals surface area (Å²) in [6.45, 7) is 7.26. The molecular weight excluding hydrogens is 270 g/mol. The van der Waals surface area contributed by atoms with Crippen molar-refractivity contribution < 1.29 is 0 Å². The minimum Gasteiger partial charge on any atom is -0.323 e. The van der Waals surface area contributed by atoms with E-state index in [-0.39, 0.29) is 6.04 Å². The lowest BCUT2D eigenvalue weighted by molar-refractivity contribution is 0.586. The van der Waals surface area contributed by atoms with Gasteiger partial charge in [-0.25, -0.2) is 0 Å². The molecule has 0 saturated carbocycles. The molecule has 20 heavy (non-hydrogen) atoms. The highest BCUT2D eigenvalue weighted by Gasteiger charge is 2.18. The Kier molecular flexibility index (Phi) is 5.25. The van der Waals surface area contributed by atoms with Crippen LogP contribution in [-0.4, -0.2) is 19.4 Å². The Labute approximate surface area is 124 Å². The summed E-state index contributed by atoms with van der Waals surface area (Å²) < 4.78 is 6.10. The zero-order valence-electron chi connectivity index (χ0n) is 12.5. The van der Waals surface area contributed by atoms with Gasteiger partial charge in [0.25, 0.3) is 0 Å². The molecule has 5 nitrogen and oxygen atoms in total. The van der Waals surface area contributed by atoms with Gasteiger partial charge in [-0.1, -0.05) is 24.8 Å². The second kappa shape index (κ2) is 6.95. The Balaban J connectivity index is 2.16. The van der Waals surface area contributed by atoms with Gasteiger partial charge in [-0.05, 0) is 37.4 Å². The maximum Gasteiger partial charge on any atom is 0.0803 e. The van der Waals surface area contributed by atoms with Crippen LogP contribution in [0.2, 0.25) is 0 Å². The van der Waals surface area contributed by atoms with E-state index in [0.717, 1.165) is 48.5 Å². The molecule has 0 aliphatic rings. The number of hydrogen-bond acceptors (Lipinski definition) is 5. The lowest BCUT2D eigenvalue weighted by Crippen LogP contribution is -2.16. The molecule has 1 atom stereocenters. The van der Waals surface area contributed by atoms with Crippen molar-refractivity contribution in [2.45, 2.75) is 59.0 Å². The van der Waals surface area contributed by atoms with Gasteiger partial charge in [-0.15, -0.1) is 5.10 Å². The van der Waals surface area contributed by atoms with Crippen LogP contribution in [0, 0.1) is 0 Å². The molecule has 1 unspecified atom stereocenters. The van der Waals surface area contributed by atoms with Crippen molar-refractivity contribution in [3.05, 3.63) is 28.0 Å². The highest BCUT2D eigenvalue weighted by atomic mass is 32.1. The van der Waals surface area contributed by atoms with Crippen molar-refractivity contribution in [2.75, 3.05) is 0 Å². The molecule has 0 saturated heterocycles. The van der Waals surface area contributed by atoms with Crippen molar-refractivity contribution in [2.24, 2.45) is 5.73 Å². The lowest BCUT2D eigenvalue weighted by atomic mass is 10.1. The Morgan fingerprint density at radius 3 is 2.80 bits per heavy atom. The number of aryl methyl sites for hydroxylation is 3. The third-order valence-electron chi connectivity index (χ3n) is 3.41. The van der Waals surface area contributed by atoms with Crippen LogP contribution >= 0.6 is 11.5 Å². The molecular formula is C14H23N5S. The largest absolute Gasteiger partial charge is 0.323 e. The van der Waals surface area contributed by atoms with Crippen LogP contribution in [0.5, 0.6) is 0 Å². The molecule has 0 spiro atoms. The molecule has 2 aromatic heterocycles. The Bertz CT molecular complexity index is 546. The van der Waals surface area contributed by atoms with E-state index in [1.165, 1.54) is 17.2 Å². The SMILES string of the molecule is CCCc1nnsc1C(N)Cc1cc(CC)nn1CC. The van der Waals surface area contributed by atoms with Gasteiger partial charge >= 0.3 is 0 Å². The van der Waals surface area contributed by atoms with Crippen LogP contribution in [0.25, 0.3) is 0 Å². The second-order valence-corrected chi connectivity index (χ2v) is 5.73. The first-order valence-electron chi connectivity index (χ1n) is 7.31. The number of nitrogens with two attached hydrogens (primary N) is 1. The maximum absolute atomic E-state index is 6.37. The first kappa shape index (κ1) is 15.1. The average Bonchev–Trinajstić information content (AvgIpc) is 3.05.